The van der Waals surface area contributed by atoms with Crippen LogP contribution in [-0.4, -0.2) is 58.5 Å². The molecule has 2 aliphatic heterocycles. The van der Waals surface area contributed by atoms with E-state index in [0.29, 0.717) is 19.0 Å². The molecule has 0 aromatic rings. The molecule has 0 radical (unpaired) electrons. The molecule has 1 spiro atoms. The number of hydrogen-bond acceptors (Lipinski definition) is 4. The van der Waals surface area contributed by atoms with Crippen molar-refractivity contribution in [1.82, 2.24) is 4.31 Å². The lowest BCUT2D eigenvalue weighted by atomic mass is 9.66. The highest BCUT2D eigenvalue weighted by atomic mass is 32.2. The standard InChI is InChI=1S/C15H27NO4S/c1-21(17,18)16-7-4-15(5-8-16)6-9-19-11-14(15)12-20-10-13-2-3-13/h13-14H,2-12H2,1H3/t14-/m1/s1. The molecule has 0 bridgehead atoms. The Balaban J connectivity index is 1.57. The molecule has 0 aromatic heterocycles. The minimum Gasteiger partial charge on any atom is -0.381 e. The Kier molecular flexibility index (Phi) is 4.60. The molecule has 3 aliphatic rings. The quantitative estimate of drug-likeness (QED) is 0.771. The second-order valence-corrected chi connectivity index (χ2v) is 9.01. The van der Waals surface area contributed by atoms with Gasteiger partial charge in [0.2, 0.25) is 10.0 Å². The molecule has 5 nitrogen and oxygen atoms in total. The number of sulfonamides is 1. The van der Waals surface area contributed by atoms with Crippen LogP contribution >= 0.6 is 0 Å². The van der Waals surface area contributed by atoms with Crippen molar-refractivity contribution in [2.75, 3.05) is 45.8 Å². The lowest BCUT2D eigenvalue weighted by molar-refractivity contribution is -0.0948. The zero-order valence-electron chi connectivity index (χ0n) is 12.9. The smallest absolute Gasteiger partial charge is 0.211 e. The van der Waals surface area contributed by atoms with Gasteiger partial charge in [0.25, 0.3) is 0 Å². The van der Waals surface area contributed by atoms with Crippen molar-refractivity contribution in [1.29, 1.82) is 0 Å². The van der Waals surface area contributed by atoms with Crippen LogP contribution in [0.25, 0.3) is 0 Å². The van der Waals surface area contributed by atoms with E-state index < -0.39 is 10.0 Å². The molecule has 122 valence electrons. The third-order valence-electron chi connectivity index (χ3n) is 5.49. The van der Waals surface area contributed by atoms with E-state index in [4.69, 9.17) is 9.47 Å². The first-order chi connectivity index (χ1) is 10.00. The number of nitrogens with zero attached hydrogens (tertiary/aromatic N) is 1. The average Bonchev–Trinajstić information content (AvgIpc) is 3.25. The summed E-state index contributed by atoms with van der Waals surface area (Å²) in [5.74, 6) is 1.21. The minimum atomic E-state index is -3.05. The van der Waals surface area contributed by atoms with Crippen LogP contribution in [0, 0.1) is 17.3 Å². The summed E-state index contributed by atoms with van der Waals surface area (Å²) in [5.41, 5.74) is 0.225. The minimum absolute atomic E-state index is 0.225. The molecule has 0 unspecified atom stereocenters. The Labute approximate surface area is 128 Å². The van der Waals surface area contributed by atoms with E-state index in [2.05, 4.69) is 0 Å². The van der Waals surface area contributed by atoms with Crippen LogP contribution in [0.5, 0.6) is 0 Å². The lowest BCUT2D eigenvalue weighted by Crippen LogP contribution is -2.50. The van der Waals surface area contributed by atoms with Gasteiger partial charge in [-0.05, 0) is 43.4 Å². The van der Waals surface area contributed by atoms with Gasteiger partial charge in [0.1, 0.15) is 0 Å². The topological polar surface area (TPSA) is 55.8 Å². The predicted molar refractivity (Wildman–Crippen MR) is 80.6 cm³/mol. The Morgan fingerprint density at radius 3 is 2.52 bits per heavy atom. The molecule has 0 amide bonds. The van der Waals surface area contributed by atoms with Gasteiger partial charge in [-0.1, -0.05) is 0 Å². The van der Waals surface area contributed by atoms with Crippen LogP contribution in [0.2, 0.25) is 0 Å². The molecule has 3 fully saturated rings. The van der Waals surface area contributed by atoms with Gasteiger partial charge in [-0.2, -0.15) is 0 Å². The fourth-order valence-electron chi connectivity index (χ4n) is 3.69. The zero-order chi connectivity index (χ0) is 14.9. The molecule has 0 aromatic carbocycles. The van der Waals surface area contributed by atoms with Crippen LogP contribution in [0.3, 0.4) is 0 Å². The summed E-state index contributed by atoms with van der Waals surface area (Å²) < 4.78 is 36.5. The van der Waals surface area contributed by atoms with E-state index in [0.717, 1.165) is 51.6 Å². The molecule has 3 rings (SSSR count). The van der Waals surface area contributed by atoms with E-state index in [9.17, 15) is 8.42 Å². The monoisotopic (exact) mass is 317 g/mol. The highest BCUT2D eigenvalue weighted by molar-refractivity contribution is 7.88. The summed E-state index contributed by atoms with van der Waals surface area (Å²) in [6, 6.07) is 0. The number of ether oxygens (including phenoxy) is 2. The van der Waals surface area contributed by atoms with Crippen molar-refractivity contribution in [2.24, 2.45) is 17.3 Å². The Hall–Kier alpha value is -0.170. The van der Waals surface area contributed by atoms with Crippen LogP contribution in [0.1, 0.15) is 32.1 Å². The maximum Gasteiger partial charge on any atom is 0.211 e. The summed E-state index contributed by atoms with van der Waals surface area (Å²) in [5, 5.41) is 0. The van der Waals surface area contributed by atoms with Crippen molar-refractivity contribution < 1.29 is 17.9 Å². The van der Waals surface area contributed by atoms with E-state index in [1.165, 1.54) is 19.1 Å². The predicted octanol–water partition coefficient (Wildman–Crippen LogP) is 1.49. The first kappa shape index (κ1) is 15.7. The lowest BCUT2D eigenvalue weighted by Gasteiger charge is -2.48. The van der Waals surface area contributed by atoms with Crippen molar-refractivity contribution >= 4 is 10.0 Å². The fourth-order valence-corrected chi connectivity index (χ4v) is 4.54. The summed E-state index contributed by atoms with van der Waals surface area (Å²) >= 11 is 0. The second-order valence-electron chi connectivity index (χ2n) is 7.03. The Morgan fingerprint density at radius 1 is 1.19 bits per heavy atom. The molecule has 2 heterocycles. The maximum absolute atomic E-state index is 11.7. The van der Waals surface area contributed by atoms with Gasteiger partial charge in [-0.25, -0.2) is 12.7 Å². The van der Waals surface area contributed by atoms with Crippen molar-refractivity contribution in [3.63, 3.8) is 0 Å². The SMILES string of the molecule is CS(=O)(=O)N1CCC2(CCOC[C@@H]2COCC2CC2)CC1. The van der Waals surface area contributed by atoms with Gasteiger partial charge >= 0.3 is 0 Å². The van der Waals surface area contributed by atoms with E-state index in [1.807, 2.05) is 0 Å². The summed E-state index contributed by atoms with van der Waals surface area (Å²) in [4.78, 5) is 0. The van der Waals surface area contributed by atoms with Gasteiger partial charge in [-0.3, -0.25) is 0 Å². The van der Waals surface area contributed by atoms with Crippen LogP contribution in [0.15, 0.2) is 0 Å². The molecule has 0 N–H and O–H groups in total. The molecule has 21 heavy (non-hydrogen) atoms. The first-order valence-electron chi connectivity index (χ1n) is 8.10. The van der Waals surface area contributed by atoms with Gasteiger partial charge in [0, 0.05) is 32.2 Å². The third-order valence-corrected chi connectivity index (χ3v) is 6.79. The molecule has 2 saturated heterocycles. The molecular formula is C15H27NO4S. The summed E-state index contributed by atoms with van der Waals surface area (Å²) in [6.45, 7) is 4.54. The molecule has 1 saturated carbocycles. The van der Waals surface area contributed by atoms with Gasteiger partial charge in [0.05, 0.1) is 19.5 Å². The van der Waals surface area contributed by atoms with E-state index in [1.54, 1.807) is 4.31 Å². The fraction of sp³-hybridized carbons (Fsp3) is 1.00. The normalized spacial score (nSPS) is 30.6. The van der Waals surface area contributed by atoms with Gasteiger partial charge in [-0.15, -0.1) is 0 Å². The first-order valence-corrected chi connectivity index (χ1v) is 9.95. The van der Waals surface area contributed by atoms with Crippen LogP contribution in [0.4, 0.5) is 0 Å². The van der Waals surface area contributed by atoms with Gasteiger partial charge < -0.3 is 9.47 Å². The van der Waals surface area contributed by atoms with Crippen LogP contribution in [-0.2, 0) is 19.5 Å². The van der Waals surface area contributed by atoms with Gasteiger partial charge in [0.15, 0.2) is 0 Å². The van der Waals surface area contributed by atoms with Crippen molar-refractivity contribution in [3.8, 4) is 0 Å². The maximum atomic E-state index is 11.7. The number of hydrogen-bond donors (Lipinski definition) is 0. The van der Waals surface area contributed by atoms with Crippen LogP contribution < -0.4 is 0 Å². The molecule has 1 atom stereocenters. The average molecular weight is 317 g/mol. The van der Waals surface area contributed by atoms with Crippen molar-refractivity contribution in [3.05, 3.63) is 0 Å². The molecular weight excluding hydrogens is 290 g/mol. The largest absolute Gasteiger partial charge is 0.381 e. The number of rotatable bonds is 5. The molecule has 6 heteroatoms. The highest BCUT2D eigenvalue weighted by Gasteiger charge is 2.44. The third kappa shape index (κ3) is 3.78. The number of piperidine rings is 1. The second kappa shape index (κ2) is 6.14. The summed E-state index contributed by atoms with van der Waals surface area (Å²) in [7, 11) is -3.05. The van der Waals surface area contributed by atoms with E-state index >= 15 is 0 Å². The Bertz CT molecular complexity index is 452. The Morgan fingerprint density at radius 2 is 1.90 bits per heavy atom. The highest BCUT2D eigenvalue weighted by Crippen LogP contribution is 2.45. The summed E-state index contributed by atoms with van der Waals surface area (Å²) in [6.07, 6.45) is 6.88. The zero-order valence-corrected chi connectivity index (χ0v) is 13.7. The van der Waals surface area contributed by atoms with Crippen molar-refractivity contribution in [2.45, 2.75) is 32.1 Å². The van der Waals surface area contributed by atoms with E-state index in [-0.39, 0.29) is 5.41 Å². The molecule has 1 aliphatic carbocycles.